The summed E-state index contributed by atoms with van der Waals surface area (Å²) in [6.45, 7) is 6.42. The fourth-order valence-electron chi connectivity index (χ4n) is 1.50. The van der Waals surface area contributed by atoms with E-state index >= 15 is 0 Å². The lowest BCUT2D eigenvalue weighted by Gasteiger charge is -2.14. The predicted octanol–water partition coefficient (Wildman–Crippen LogP) is 2.45. The maximum Gasteiger partial charge on any atom is 0.0217 e. The molecule has 0 unspecified atom stereocenters. The molecular formula is C13H22N2S. The van der Waals surface area contributed by atoms with Crippen LogP contribution < -0.4 is 5.32 Å². The van der Waals surface area contributed by atoms with Crippen LogP contribution in [0.3, 0.4) is 0 Å². The molecule has 0 fully saturated rings. The number of hydrogen-bond acceptors (Lipinski definition) is 3. The van der Waals surface area contributed by atoms with Crippen molar-refractivity contribution in [1.29, 1.82) is 0 Å². The third kappa shape index (κ3) is 4.56. The van der Waals surface area contributed by atoms with E-state index in [4.69, 9.17) is 0 Å². The third-order valence-corrected chi connectivity index (χ3v) is 3.56. The zero-order valence-corrected chi connectivity index (χ0v) is 11.3. The molecule has 0 saturated carbocycles. The summed E-state index contributed by atoms with van der Waals surface area (Å²) in [4.78, 5) is 3.69. The van der Waals surface area contributed by atoms with E-state index in [1.54, 1.807) is 0 Å². The van der Waals surface area contributed by atoms with Crippen LogP contribution in [-0.4, -0.2) is 37.8 Å². The minimum absolute atomic E-state index is 0.967. The molecule has 0 bridgehead atoms. The summed E-state index contributed by atoms with van der Waals surface area (Å²) in [7, 11) is 2.15. The van der Waals surface area contributed by atoms with Crippen molar-refractivity contribution in [3.8, 4) is 0 Å². The second kappa shape index (κ2) is 7.71. The molecule has 0 heterocycles. The average Bonchev–Trinajstić information content (AvgIpc) is 2.34. The van der Waals surface area contributed by atoms with E-state index in [2.05, 4.69) is 54.7 Å². The molecular weight excluding hydrogens is 216 g/mol. The molecule has 1 rings (SSSR count). The molecule has 1 aromatic carbocycles. The topological polar surface area (TPSA) is 15.3 Å². The van der Waals surface area contributed by atoms with E-state index in [9.17, 15) is 0 Å². The largest absolute Gasteiger partial charge is 0.311 e. The molecule has 1 N–H and O–H groups in total. The van der Waals surface area contributed by atoms with Crippen molar-refractivity contribution in [1.82, 2.24) is 10.2 Å². The van der Waals surface area contributed by atoms with Gasteiger partial charge in [-0.2, -0.15) is 0 Å². The summed E-state index contributed by atoms with van der Waals surface area (Å²) >= 11 is 1.81. The Morgan fingerprint density at radius 2 is 2.06 bits per heavy atom. The van der Waals surface area contributed by atoms with Gasteiger partial charge in [-0.05, 0) is 31.5 Å². The Labute approximate surface area is 103 Å². The van der Waals surface area contributed by atoms with Crippen LogP contribution in [-0.2, 0) is 6.54 Å². The lowest BCUT2D eigenvalue weighted by molar-refractivity contribution is 0.348. The van der Waals surface area contributed by atoms with E-state index in [0.29, 0.717) is 0 Å². The molecule has 2 nitrogen and oxygen atoms in total. The molecule has 0 spiro atoms. The number of rotatable bonds is 7. The zero-order chi connectivity index (χ0) is 11.8. The Morgan fingerprint density at radius 1 is 1.31 bits per heavy atom. The molecule has 0 aliphatic heterocycles. The monoisotopic (exact) mass is 238 g/mol. The van der Waals surface area contributed by atoms with Crippen molar-refractivity contribution < 1.29 is 0 Å². The van der Waals surface area contributed by atoms with Gasteiger partial charge in [0.1, 0.15) is 0 Å². The second-order valence-electron chi connectivity index (χ2n) is 3.88. The highest BCUT2D eigenvalue weighted by molar-refractivity contribution is 7.98. The van der Waals surface area contributed by atoms with Crippen LogP contribution in [0.1, 0.15) is 12.5 Å². The minimum Gasteiger partial charge on any atom is -0.311 e. The first-order valence-electron chi connectivity index (χ1n) is 5.79. The summed E-state index contributed by atoms with van der Waals surface area (Å²) in [6.07, 6.45) is 2.13. The van der Waals surface area contributed by atoms with Crippen LogP contribution in [0.2, 0.25) is 0 Å². The number of hydrogen-bond donors (Lipinski definition) is 1. The molecule has 0 radical (unpaired) electrons. The molecule has 0 aliphatic rings. The Bertz CT molecular complexity index is 302. The lowest BCUT2D eigenvalue weighted by atomic mass is 10.2. The average molecular weight is 238 g/mol. The van der Waals surface area contributed by atoms with Crippen LogP contribution in [0.4, 0.5) is 0 Å². The predicted molar refractivity (Wildman–Crippen MR) is 73.1 cm³/mol. The van der Waals surface area contributed by atoms with Gasteiger partial charge in [-0.3, -0.25) is 0 Å². The van der Waals surface area contributed by atoms with Gasteiger partial charge in [0.15, 0.2) is 0 Å². The van der Waals surface area contributed by atoms with Crippen LogP contribution in [0.25, 0.3) is 0 Å². The molecule has 90 valence electrons. The first-order valence-corrected chi connectivity index (χ1v) is 7.01. The van der Waals surface area contributed by atoms with E-state index < -0.39 is 0 Å². The van der Waals surface area contributed by atoms with Crippen molar-refractivity contribution in [3.63, 3.8) is 0 Å². The number of nitrogens with one attached hydrogen (secondary N) is 1. The highest BCUT2D eigenvalue weighted by atomic mass is 32.2. The Hall–Kier alpha value is -0.510. The van der Waals surface area contributed by atoms with Crippen LogP contribution in [0.5, 0.6) is 0 Å². The fraction of sp³-hybridized carbons (Fsp3) is 0.538. The SMILES string of the molecule is CCN(C)CCNCc1ccccc1SC. The van der Waals surface area contributed by atoms with E-state index in [-0.39, 0.29) is 0 Å². The smallest absolute Gasteiger partial charge is 0.0217 e. The number of thioether (sulfide) groups is 1. The molecule has 0 amide bonds. The highest BCUT2D eigenvalue weighted by Gasteiger charge is 1.99. The van der Waals surface area contributed by atoms with E-state index in [1.807, 2.05) is 11.8 Å². The molecule has 0 aliphatic carbocycles. The van der Waals surface area contributed by atoms with Gasteiger partial charge in [0.2, 0.25) is 0 Å². The molecule has 0 atom stereocenters. The minimum atomic E-state index is 0.967. The van der Waals surface area contributed by atoms with E-state index in [0.717, 1.165) is 26.2 Å². The van der Waals surface area contributed by atoms with Gasteiger partial charge < -0.3 is 10.2 Å². The first kappa shape index (κ1) is 13.6. The number of nitrogens with zero attached hydrogens (tertiary/aromatic N) is 1. The quantitative estimate of drug-likeness (QED) is 0.580. The van der Waals surface area contributed by atoms with Crippen molar-refractivity contribution >= 4 is 11.8 Å². The lowest BCUT2D eigenvalue weighted by Crippen LogP contribution is -2.28. The van der Waals surface area contributed by atoms with Gasteiger partial charge in [-0.1, -0.05) is 25.1 Å². The van der Waals surface area contributed by atoms with Gasteiger partial charge >= 0.3 is 0 Å². The summed E-state index contributed by atoms with van der Waals surface area (Å²) in [5, 5.41) is 3.49. The van der Waals surface area contributed by atoms with Gasteiger partial charge in [-0.15, -0.1) is 11.8 Å². The fourth-order valence-corrected chi connectivity index (χ4v) is 2.12. The Balaban J connectivity index is 2.31. The molecule has 3 heteroatoms. The maximum atomic E-state index is 3.49. The number of benzene rings is 1. The molecule has 1 aromatic rings. The van der Waals surface area contributed by atoms with Crippen LogP contribution >= 0.6 is 11.8 Å². The highest BCUT2D eigenvalue weighted by Crippen LogP contribution is 2.19. The normalized spacial score (nSPS) is 11.0. The van der Waals surface area contributed by atoms with Gasteiger partial charge in [-0.25, -0.2) is 0 Å². The summed E-state index contributed by atoms with van der Waals surface area (Å²) in [5.41, 5.74) is 1.40. The van der Waals surface area contributed by atoms with Crippen molar-refractivity contribution in [2.45, 2.75) is 18.4 Å². The van der Waals surface area contributed by atoms with E-state index in [1.165, 1.54) is 10.5 Å². The summed E-state index contributed by atoms with van der Waals surface area (Å²) < 4.78 is 0. The van der Waals surface area contributed by atoms with Crippen LogP contribution in [0.15, 0.2) is 29.2 Å². The first-order chi connectivity index (χ1) is 7.77. The van der Waals surface area contributed by atoms with Crippen molar-refractivity contribution in [3.05, 3.63) is 29.8 Å². The maximum absolute atomic E-state index is 3.49. The van der Waals surface area contributed by atoms with Gasteiger partial charge in [0.25, 0.3) is 0 Å². The zero-order valence-electron chi connectivity index (χ0n) is 10.5. The van der Waals surface area contributed by atoms with Crippen molar-refractivity contribution in [2.75, 3.05) is 32.9 Å². The van der Waals surface area contributed by atoms with Crippen LogP contribution in [0, 0.1) is 0 Å². The summed E-state index contributed by atoms with van der Waals surface area (Å²) in [6, 6.07) is 8.58. The third-order valence-electron chi connectivity index (χ3n) is 2.72. The molecule has 0 saturated heterocycles. The Kier molecular flexibility index (Phi) is 6.53. The standard InChI is InChI=1S/C13H22N2S/c1-4-15(2)10-9-14-11-12-7-5-6-8-13(12)16-3/h5-8,14H,4,9-11H2,1-3H3. The molecule has 0 aromatic heterocycles. The molecule has 16 heavy (non-hydrogen) atoms. The van der Waals surface area contributed by atoms with Gasteiger partial charge in [0.05, 0.1) is 0 Å². The van der Waals surface area contributed by atoms with Gasteiger partial charge in [0, 0.05) is 24.5 Å². The summed E-state index contributed by atoms with van der Waals surface area (Å²) in [5.74, 6) is 0. The number of likely N-dealkylation sites (N-methyl/N-ethyl adjacent to an activating group) is 1. The second-order valence-corrected chi connectivity index (χ2v) is 4.73. The van der Waals surface area contributed by atoms with Crippen molar-refractivity contribution in [2.24, 2.45) is 0 Å². The Morgan fingerprint density at radius 3 is 2.75 bits per heavy atom.